The lowest BCUT2D eigenvalue weighted by atomic mass is 9.99. The van der Waals surface area contributed by atoms with Gasteiger partial charge >= 0.3 is 6.03 Å². The van der Waals surface area contributed by atoms with Crippen LogP contribution in [0.4, 0.5) is 4.79 Å². The third-order valence-electron chi connectivity index (χ3n) is 3.28. The molecule has 1 saturated heterocycles. The minimum Gasteiger partial charge on any atom is -0.481 e. The summed E-state index contributed by atoms with van der Waals surface area (Å²) in [7, 11) is 1.49. The molecule has 7 nitrogen and oxygen atoms in total. The number of rotatable bonds is 5. The predicted molar refractivity (Wildman–Crippen MR) is 73.3 cm³/mol. The number of aromatic nitrogens is 1. The normalized spacial score (nSPS) is 18.7. The third kappa shape index (κ3) is 3.18. The number of carbonyl (C=O) groups excluding carboxylic acids is 3. The van der Waals surface area contributed by atoms with Crippen molar-refractivity contribution in [2.75, 3.05) is 7.11 Å². The van der Waals surface area contributed by atoms with Gasteiger partial charge in [-0.3, -0.25) is 19.8 Å². The first-order valence-electron chi connectivity index (χ1n) is 6.72. The fraction of sp³-hybridized carbons (Fsp3) is 0.429. The summed E-state index contributed by atoms with van der Waals surface area (Å²) in [5, 5.41) is 2.22. The van der Waals surface area contributed by atoms with E-state index in [1.54, 1.807) is 12.1 Å². The van der Waals surface area contributed by atoms with Gasteiger partial charge in [0.2, 0.25) is 17.7 Å². The largest absolute Gasteiger partial charge is 0.481 e. The quantitative estimate of drug-likeness (QED) is 0.820. The minimum atomic E-state index is -0.795. The van der Waals surface area contributed by atoms with Crippen molar-refractivity contribution in [3.05, 3.63) is 23.9 Å². The van der Waals surface area contributed by atoms with Gasteiger partial charge in [0.25, 0.3) is 0 Å². The molecule has 1 unspecified atom stereocenters. The standard InChI is InChI=1S/C14H17N3O4/c1-3-4-10-12(18)16-14(20)17(13(10)19)8-9-5-6-15-11(7-9)21-2/h5-7,10H,3-4,8H2,1-2H3,(H,16,18,20). The Bertz CT molecular complexity index is 573. The van der Waals surface area contributed by atoms with Crippen molar-refractivity contribution < 1.29 is 19.1 Å². The van der Waals surface area contributed by atoms with Gasteiger partial charge in [-0.15, -0.1) is 0 Å². The molecule has 21 heavy (non-hydrogen) atoms. The van der Waals surface area contributed by atoms with E-state index in [2.05, 4.69) is 10.3 Å². The zero-order chi connectivity index (χ0) is 15.4. The van der Waals surface area contributed by atoms with E-state index in [-0.39, 0.29) is 6.54 Å². The van der Waals surface area contributed by atoms with Gasteiger partial charge in [-0.05, 0) is 18.1 Å². The molecule has 1 N–H and O–H groups in total. The van der Waals surface area contributed by atoms with Crippen LogP contribution >= 0.6 is 0 Å². The van der Waals surface area contributed by atoms with Crippen LogP contribution in [0.5, 0.6) is 5.88 Å². The average Bonchev–Trinajstić information content (AvgIpc) is 2.48. The van der Waals surface area contributed by atoms with E-state index in [9.17, 15) is 14.4 Å². The average molecular weight is 291 g/mol. The summed E-state index contributed by atoms with van der Waals surface area (Å²) >= 11 is 0. The van der Waals surface area contributed by atoms with Crippen molar-refractivity contribution in [2.45, 2.75) is 26.3 Å². The van der Waals surface area contributed by atoms with E-state index in [1.165, 1.54) is 13.3 Å². The molecule has 1 atom stereocenters. The number of methoxy groups -OCH3 is 1. The van der Waals surface area contributed by atoms with Crippen LogP contribution in [0.3, 0.4) is 0 Å². The fourth-order valence-corrected chi connectivity index (χ4v) is 2.20. The first-order chi connectivity index (χ1) is 10.1. The van der Waals surface area contributed by atoms with Crippen molar-refractivity contribution in [2.24, 2.45) is 5.92 Å². The number of carbonyl (C=O) groups is 3. The number of pyridine rings is 1. The number of hydrogen-bond donors (Lipinski definition) is 1. The molecular formula is C14H17N3O4. The van der Waals surface area contributed by atoms with E-state index >= 15 is 0 Å². The highest BCUT2D eigenvalue weighted by Gasteiger charge is 2.39. The highest BCUT2D eigenvalue weighted by molar-refractivity contribution is 6.16. The maximum Gasteiger partial charge on any atom is 0.331 e. The van der Waals surface area contributed by atoms with Gasteiger partial charge in [-0.25, -0.2) is 9.78 Å². The summed E-state index contributed by atoms with van der Waals surface area (Å²) in [6, 6.07) is 2.65. The highest BCUT2D eigenvalue weighted by Crippen LogP contribution is 2.19. The Morgan fingerprint density at radius 3 is 2.81 bits per heavy atom. The first-order valence-corrected chi connectivity index (χ1v) is 6.72. The molecule has 2 rings (SSSR count). The van der Waals surface area contributed by atoms with Crippen molar-refractivity contribution >= 4 is 17.8 Å². The molecule has 1 aliphatic heterocycles. The Morgan fingerprint density at radius 2 is 2.14 bits per heavy atom. The summed E-state index contributed by atoms with van der Waals surface area (Å²) in [6.45, 7) is 1.96. The van der Waals surface area contributed by atoms with Crippen molar-refractivity contribution in [3.63, 3.8) is 0 Å². The van der Waals surface area contributed by atoms with Gasteiger partial charge in [-0.1, -0.05) is 13.3 Å². The molecule has 0 aromatic carbocycles. The number of imide groups is 2. The molecule has 0 aliphatic carbocycles. The van der Waals surface area contributed by atoms with Gasteiger partial charge in [-0.2, -0.15) is 0 Å². The van der Waals surface area contributed by atoms with Gasteiger partial charge in [0.15, 0.2) is 0 Å². The second-order valence-electron chi connectivity index (χ2n) is 4.77. The van der Waals surface area contributed by atoms with E-state index in [1.807, 2.05) is 6.92 Å². The summed E-state index contributed by atoms with van der Waals surface area (Å²) in [4.78, 5) is 40.9. The number of ether oxygens (including phenoxy) is 1. The minimum absolute atomic E-state index is 0.0804. The monoisotopic (exact) mass is 291 g/mol. The Labute approximate surface area is 122 Å². The lowest BCUT2D eigenvalue weighted by Gasteiger charge is -2.30. The lowest BCUT2D eigenvalue weighted by molar-refractivity contribution is -0.143. The van der Waals surface area contributed by atoms with E-state index in [0.29, 0.717) is 24.3 Å². The number of amides is 4. The second kappa shape index (κ2) is 6.34. The molecule has 1 aromatic heterocycles. The molecule has 0 bridgehead atoms. The Kier molecular flexibility index (Phi) is 4.52. The smallest absolute Gasteiger partial charge is 0.331 e. The van der Waals surface area contributed by atoms with E-state index < -0.39 is 23.8 Å². The highest BCUT2D eigenvalue weighted by atomic mass is 16.5. The van der Waals surface area contributed by atoms with Crippen LogP contribution in [0.1, 0.15) is 25.3 Å². The molecule has 2 heterocycles. The number of nitrogens with one attached hydrogen (secondary N) is 1. The molecule has 112 valence electrons. The number of nitrogens with zero attached hydrogens (tertiary/aromatic N) is 2. The van der Waals surface area contributed by atoms with Crippen molar-refractivity contribution in [1.29, 1.82) is 0 Å². The van der Waals surface area contributed by atoms with Crippen LogP contribution < -0.4 is 10.1 Å². The fourth-order valence-electron chi connectivity index (χ4n) is 2.20. The van der Waals surface area contributed by atoms with Crippen LogP contribution in [0.25, 0.3) is 0 Å². The molecule has 4 amide bonds. The van der Waals surface area contributed by atoms with Gasteiger partial charge < -0.3 is 4.74 Å². The SMILES string of the molecule is CCCC1C(=O)NC(=O)N(Cc2ccnc(OC)c2)C1=O. The Morgan fingerprint density at radius 1 is 1.38 bits per heavy atom. The first kappa shape index (κ1) is 15.0. The van der Waals surface area contributed by atoms with Gasteiger partial charge in [0.05, 0.1) is 13.7 Å². The van der Waals surface area contributed by atoms with Gasteiger partial charge in [0.1, 0.15) is 5.92 Å². The van der Waals surface area contributed by atoms with Crippen LogP contribution in [0.2, 0.25) is 0 Å². The third-order valence-corrected chi connectivity index (χ3v) is 3.28. The molecule has 1 aromatic rings. The molecule has 7 heteroatoms. The summed E-state index contributed by atoms with van der Waals surface area (Å²) in [5.41, 5.74) is 0.704. The van der Waals surface area contributed by atoms with Crippen LogP contribution in [0, 0.1) is 5.92 Å². The van der Waals surface area contributed by atoms with E-state index in [0.717, 1.165) is 4.90 Å². The molecule has 0 spiro atoms. The topological polar surface area (TPSA) is 88.6 Å². The maximum absolute atomic E-state index is 12.3. The zero-order valence-corrected chi connectivity index (χ0v) is 12.0. The zero-order valence-electron chi connectivity index (χ0n) is 12.0. The molecule has 1 aliphatic rings. The number of hydrogen-bond acceptors (Lipinski definition) is 5. The number of barbiturate groups is 1. The predicted octanol–water partition coefficient (Wildman–Crippen LogP) is 1.08. The Balaban J connectivity index is 2.18. The van der Waals surface area contributed by atoms with Gasteiger partial charge in [0, 0.05) is 12.3 Å². The second-order valence-corrected chi connectivity index (χ2v) is 4.77. The lowest BCUT2D eigenvalue weighted by Crippen LogP contribution is -2.57. The van der Waals surface area contributed by atoms with Crippen LogP contribution in [0.15, 0.2) is 18.3 Å². The summed E-state index contributed by atoms with van der Waals surface area (Å²) < 4.78 is 5.01. The van der Waals surface area contributed by atoms with Crippen LogP contribution in [-0.2, 0) is 16.1 Å². The summed E-state index contributed by atoms with van der Waals surface area (Å²) in [6.07, 6.45) is 2.65. The summed E-state index contributed by atoms with van der Waals surface area (Å²) in [5.74, 6) is -1.37. The molecule has 0 radical (unpaired) electrons. The molecular weight excluding hydrogens is 274 g/mol. The van der Waals surface area contributed by atoms with Crippen LogP contribution in [-0.4, -0.2) is 34.8 Å². The Hall–Kier alpha value is -2.44. The van der Waals surface area contributed by atoms with E-state index in [4.69, 9.17) is 4.74 Å². The number of urea groups is 1. The maximum atomic E-state index is 12.3. The van der Waals surface area contributed by atoms with Crippen molar-refractivity contribution in [3.8, 4) is 5.88 Å². The molecule has 1 fully saturated rings. The molecule has 0 saturated carbocycles. The van der Waals surface area contributed by atoms with Crippen molar-refractivity contribution in [1.82, 2.24) is 15.2 Å².